The molecule has 0 aliphatic heterocycles. The zero-order chi connectivity index (χ0) is 27.9. The van der Waals surface area contributed by atoms with Crippen LogP contribution < -0.4 is 4.90 Å². The average molecular weight is 560 g/mol. The molecule has 1 nitrogen and oxygen atoms in total. The molecule has 0 unspecified atom stereocenters. The Balaban J connectivity index is 1.28. The minimum Gasteiger partial charge on any atom is -0.310 e. The molecule has 1 fully saturated rings. The summed E-state index contributed by atoms with van der Waals surface area (Å²) >= 11 is 1.87. The second kappa shape index (κ2) is 10.5. The summed E-state index contributed by atoms with van der Waals surface area (Å²) in [4.78, 5) is 2.43. The molecule has 1 saturated carbocycles. The van der Waals surface area contributed by atoms with Crippen LogP contribution in [0.25, 0.3) is 30.9 Å². The van der Waals surface area contributed by atoms with Crippen molar-refractivity contribution in [1.29, 1.82) is 0 Å². The van der Waals surface area contributed by atoms with Crippen LogP contribution in [0.1, 0.15) is 43.2 Å². The van der Waals surface area contributed by atoms with Crippen LogP contribution in [0.5, 0.6) is 0 Å². The van der Waals surface area contributed by atoms with E-state index >= 15 is 0 Å². The van der Waals surface area contributed by atoms with Gasteiger partial charge in [-0.15, -0.1) is 11.3 Å². The summed E-state index contributed by atoms with van der Waals surface area (Å²) in [5, 5.41) is 5.16. The molecule has 0 atom stereocenters. The molecule has 0 amide bonds. The molecule has 1 heterocycles. The minimum atomic E-state index is 0.0975. The first-order valence-electron chi connectivity index (χ1n) is 15.1. The van der Waals surface area contributed by atoms with Crippen molar-refractivity contribution in [2.24, 2.45) is 0 Å². The maximum absolute atomic E-state index is 2.43. The standard InChI is InChI=1S/C40H33NS/c1-3-13-31(14-4-1)40(25-9-2-10-26-40)32-18-21-33(22-19-32)41(34-20-17-29-11-5-6-12-30(29)27-34)35-23-24-39-37(28-35)36-15-7-8-16-38(36)42-39/h1,3-8,11-24,27-28H,2,9-10,25-26H2. The van der Waals surface area contributed by atoms with Crippen LogP contribution in [-0.2, 0) is 5.41 Å². The second-order valence-corrected chi connectivity index (χ2v) is 12.8. The molecule has 0 N–H and O–H groups in total. The molecule has 0 spiro atoms. The summed E-state index contributed by atoms with van der Waals surface area (Å²) in [6.45, 7) is 0. The van der Waals surface area contributed by atoms with Crippen molar-refractivity contribution >= 4 is 59.3 Å². The second-order valence-electron chi connectivity index (χ2n) is 11.7. The van der Waals surface area contributed by atoms with Gasteiger partial charge in [-0.2, -0.15) is 0 Å². The third-order valence-corrected chi connectivity index (χ3v) is 10.5. The van der Waals surface area contributed by atoms with Crippen LogP contribution in [0.2, 0.25) is 0 Å². The van der Waals surface area contributed by atoms with Gasteiger partial charge in [-0.1, -0.05) is 110 Å². The molecule has 0 bridgehead atoms. The van der Waals surface area contributed by atoms with Crippen LogP contribution in [0.15, 0.2) is 140 Å². The largest absolute Gasteiger partial charge is 0.310 e. The molecule has 7 aromatic rings. The fourth-order valence-electron chi connectivity index (χ4n) is 7.20. The van der Waals surface area contributed by atoms with Gasteiger partial charge in [0.15, 0.2) is 0 Å². The van der Waals surface area contributed by atoms with Gasteiger partial charge >= 0.3 is 0 Å². The number of hydrogen-bond donors (Lipinski definition) is 0. The van der Waals surface area contributed by atoms with Gasteiger partial charge in [0.05, 0.1) is 0 Å². The molecule has 0 saturated heterocycles. The van der Waals surface area contributed by atoms with Gasteiger partial charge in [0.2, 0.25) is 0 Å². The van der Waals surface area contributed by atoms with Crippen molar-refractivity contribution < 1.29 is 0 Å². The molecule has 1 aromatic heterocycles. The summed E-state index contributed by atoms with van der Waals surface area (Å²) in [5.74, 6) is 0. The molecule has 1 aliphatic rings. The smallest absolute Gasteiger partial charge is 0.0468 e. The highest BCUT2D eigenvalue weighted by molar-refractivity contribution is 7.25. The highest BCUT2D eigenvalue weighted by Crippen LogP contribution is 2.46. The summed E-state index contributed by atoms with van der Waals surface area (Å²) in [6, 6.07) is 51.9. The normalized spacial score (nSPS) is 14.9. The maximum atomic E-state index is 2.43. The molecule has 42 heavy (non-hydrogen) atoms. The summed E-state index contributed by atoms with van der Waals surface area (Å²) in [6.07, 6.45) is 6.34. The van der Waals surface area contributed by atoms with Crippen LogP contribution >= 0.6 is 11.3 Å². The lowest BCUT2D eigenvalue weighted by Crippen LogP contribution is -2.30. The molecule has 0 radical (unpaired) electrons. The Morgan fingerprint density at radius 2 is 1.07 bits per heavy atom. The number of fused-ring (bicyclic) bond motifs is 4. The van der Waals surface area contributed by atoms with Crippen LogP contribution in [0, 0.1) is 0 Å². The van der Waals surface area contributed by atoms with Gasteiger partial charge < -0.3 is 4.90 Å². The Morgan fingerprint density at radius 3 is 1.90 bits per heavy atom. The lowest BCUT2D eigenvalue weighted by molar-refractivity contribution is 0.346. The van der Waals surface area contributed by atoms with Gasteiger partial charge in [-0.3, -0.25) is 0 Å². The first-order chi connectivity index (χ1) is 20.8. The lowest BCUT2D eigenvalue weighted by Gasteiger charge is -2.39. The van der Waals surface area contributed by atoms with Crippen molar-refractivity contribution in [2.75, 3.05) is 4.90 Å². The maximum Gasteiger partial charge on any atom is 0.0468 e. The Hall–Kier alpha value is -4.40. The van der Waals surface area contributed by atoms with Crippen molar-refractivity contribution in [3.8, 4) is 0 Å². The predicted molar refractivity (Wildman–Crippen MR) is 182 cm³/mol. The average Bonchev–Trinajstić information content (AvgIpc) is 3.44. The van der Waals surface area contributed by atoms with E-state index in [1.165, 1.54) is 91.2 Å². The zero-order valence-corrected chi connectivity index (χ0v) is 24.5. The molecule has 204 valence electrons. The highest BCUT2D eigenvalue weighted by Gasteiger charge is 2.35. The number of benzene rings is 6. The van der Waals surface area contributed by atoms with Crippen LogP contribution in [0.3, 0.4) is 0 Å². The van der Waals surface area contributed by atoms with E-state index in [-0.39, 0.29) is 5.41 Å². The lowest BCUT2D eigenvalue weighted by atomic mass is 9.65. The van der Waals surface area contributed by atoms with E-state index in [0.717, 1.165) is 0 Å². The zero-order valence-electron chi connectivity index (χ0n) is 23.7. The topological polar surface area (TPSA) is 3.24 Å². The van der Waals surface area contributed by atoms with Gasteiger partial charge in [0.25, 0.3) is 0 Å². The van der Waals surface area contributed by atoms with Gasteiger partial charge in [0.1, 0.15) is 0 Å². The number of rotatable bonds is 5. The van der Waals surface area contributed by atoms with Gasteiger partial charge in [-0.05, 0) is 83.3 Å². The molecule has 2 heteroatoms. The summed E-state index contributed by atoms with van der Waals surface area (Å²) in [5.41, 5.74) is 6.54. The van der Waals surface area contributed by atoms with E-state index in [1.807, 2.05) is 11.3 Å². The highest BCUT2D eigenvalue weighted by atomic mass is 32.1. The quantitative estimate of drug-likeness (QED) is 0.203. The minimum absolute atomic E-state index is 0.0975. The summed E-state index contributed by atoms with van der Waals surface area (Å²) in [7, 11) is 0. The van der Waals surface area contributed by atoms with E-state index in [1.54, 1.807) is 0 Å². The predicted octanol–water partition coefficient (Wildman–Crippen LogP) is 11.9. The first kappa shape index (κ1) is 25.3. The number of thiophene rings is 1. The third-order valence-electron chi connectivity index (χ3n) is 9.32. The number of hydrogen-bond acceptors (Lipinski definition) is 2. The van der Waals surface area contributed by atoms with Crippen molar-refractivity contribution in [1.82, 2.24) is 0 Å². The molecule has 6 aromatic carbocycles. The van der Waals surface area contributed by atoms with E-state index in [0.29, 0.717) is 0 Å². The van der Waals surface area contributed by atoms with E-state index in [2.05, 4.69) is 144 Å². The van der Waals surface area contributed by atoms with Crippen molar-refractivity contribution in [2.45, 2.75) is 37.5 Å². The Labute approximate surface area is 251 Å². The van der Waals surface area contributed by atoms with E-state index in [4.69, 9.17) is 0 Å². The first-order valence-corrected chi connectivity index (χ1v) is 16.0. The Kier molecular flexibility index (Phi) is 6.30. The summed E-state index contributed by atoms with van der Waals surface area (Å²) < 4.78 is 2.67. The fourth-order valence-corrected chi connectivity index (χ4v) is 8.29. The molecular weight excluding hydrogens is 527 g/mol. The van der Waals surface area contributed by atoms with Gasteiger partial charge in [-0.25, -0.2) is 0 Å². The number of anilines is 3. The van der Waals surface area contributed by atoms with Crippen molar-refractivity contribution in [3.05, 3.63) is 151 Å². The van der Waals surface area contributed by atoms with Crippen LogP contribution in [-0.4, -0.2) is 0 Å². The number of nitrogens with zero attached hydrogens (tertiary/aromatic N) is 1. The van der Waals surface area contributed by atoms with E-state index < -0.39 is 0 Å². The Morgan fingerprint density at radius 1 is 0.452 bits per heavy atom. The fraction of sp³-hybridized carbons (Fsp3) is 0.150. The molecule has 8 rings (SSSR count). The monoisotopic (exact) mass is 559 g/mol. The van der Waals surface area contributed by atoms with Gasteiger partial charge in [0, 0.05) is 42.6 Å². The Bertz CT molecular complexity index is 2010. The third kappa shape index (κ3) is 4.30. The molecular formula is C40H33NS. The van der Waals surface area contributed by atoms with Crippen molar-refractivity contribution in [3.63, 3.8) is 0 Å². The van der Waals surface area contributed by atoms with E-state index in [9.17, 15) is 0 Å². The molecule has 1 aliphatic carbocycles. The van der Waals surface area contributed by atoms with Crippen LogP contribution in [0.4, 0.5) is 17.1 Å². The SMILES string of the molecule is c1ccc(C2(c3ccc(N(c4ccc5ccccc5c4)c4ccc5sc6ccccc6c5c4)cc3)CCCCC2)cc1.